The van der Waals surface area contributed by atoms with Crippen molar-refractivity contribution in [3.8, 4) is 0 Å². The van der Waals surface area contributed by atoms with E-state index < -0.39 is 11.4 Å². The quantitative estimate of drug-likeness (QED) is 0.604. The molecule has 9 heteroatoms. The number of halogens is 2. The molecule has 2 heterocycles. The normalized spacial score (nSPS) is 17.1. The van der Waals surface area contributed by atoms with Crippen molar-refractivity contribution in [2.45, 2.75) is 45.9 Å². The van der Waals surface area contributed by atoms with Crippen LogP contribution < -0.4 is 4.90 Å². The van der Waals surface area contributed by atoms with Crippen LogP contribution in [0.3, 0.4) is 0 Å². The summed E-state index contributed by atoms with van der Waals surface area (Å²) in [5.74, 6) is -0.858. The third-order valence-corrected chi connectivity index (χ3v) is 5.62. The maximum atomic E-state index is 14.9. The van der Waals surface area contributed by atoms with E-state index in [0.717, 1.165) is 5.56 Å². The summed E-state index contributed by atoms with van der Waals surface area (Å²) in [5, 5.41) is 0.283. The van der Waals surface area contributed by atoms with E-state index in [-0.39, 0.29) is 28.9 Å². The molecule has 3 rings (SSSR count). The zero-order chi connectivity index (χ0) is 24.3. The average Bonchev–Trinajstić information content (AvgIpc) is 2.72. The minimum absolute atomic E-state index is 0.0190. The van der Waals surface area contributed by atoms with E-state index in [4.69, 9.17) is 16.3 Å². The van der Waals surface area contributed by atoms with Crippen LogP contribution in [-0.4, -0.2) is 65.1 Å². The molecular weight excluding hydrogens is 447 g/mol. The van der Waals surface area contributed by atoms with E-state index in [0.29, 0.717) is 31.7 Å². The number of hydrogen-bond acceptors (Lipinski definition) is 5. The Morgan fingerprint density at radius 1 is 1.24 bits per heavy atom. The SMILES string of the molecule is C[C@H]1CN(Cc2ccc(N(C)C(=O)c3ccc(Cl)nc3)c(F)c2)CCN1C(=O)OC(C)(C)C. The van der Waals surface area contributed by atoms with Crippen molar-refractivity contribution in [2.75, 3.05) is 31.6 Å². The third-order valence-electron chi connectivity index (χ3n) is 5.40. The fourth-order valence-electron chi connectivity index (χ4n) is 3.75. The van der Waals surface area contributed by atoms with Crippen molar-refractivity contribution < 1.29 is 18.7 Å². The predicted molar refractivity (Wildman–Crippen MR) is 126 cm³/mol. The molecule has 1 saturated heterocycles. The molecule has 1 aliphatic rings. The number of anilines is 1. The Morgan fingerprint density at radius 2 is 1.97 bits per heavy atom. The van der Waals surface area contributed by atoms with Gasteiger partial charge in [0.2, 0.25) is 0 Å². The summed E-state index contributed by atoms with van der Waals surface area (Å²) in [5.41, 5.74) is 0.762. The Morgan fingerprint density at radius 3 is 2.55 bits per heavy atom. The van der Waals surface area contributed by atoms with Crippen LogP contribution in [0.4, 0.5) is 14.9 Å². The summed E-state index contributed by atoms with van der Waals surface area (Å²) in [6, 6.07) is 7.92. The topological polar surface area (TPSA) is 66.0 Å². The molecule has 1 aliphatic heterocycles. The molecule has 33 heavy (non-hydrogen) atoms. The number of nitrogens with zero attached hydrogens (tertiary/aromatic N) is 4. The Hall–Kier alpha value is -2.71. The third kappa shape index (κ3) is 6.42. The van der Waals surface area contributed by atoms with Gasteiger partial charge < -0.3 is 14.5 Å². The van der Waals surface area contributed by atoms with Gasteiger partial charge in [-0.25, -0.2) is 14.2 Å². The number of amides is 2. The van der Waals surface area contributed by atoms with Gasteiger partial charge in [-0.1, -0.05) is 17.7 Å². The first-order valence-corrected chi connectivity index (χ1v) is 11.2. The molecule has 0 aliphatic carbocycles. The van der Waals surface area contributed by atoms with Gasteiger partial charge in [-0.3, -0.25) is 9.69 Å². The zero-order valence-electron chi connectivity index (χ0n) is 19.6. The minimum atomic E-state index is -0.536. The summed E-state index contributed by atoms with van der Waals surface area (Å²) in [6.45, 7) is 9.93. The molecular formula is C24H30ClFN4O3. The number of aromatic nitrogens is 1. The van der Waals surface area contributed by atoms with E-state index in [1.165, 1.54) is 30.3 Å². The molecule has 7 nitrogen and oxygen atoms in total. The Bertz CT molecular complexity index is 1010. The fourth-order valence-corrected chi connectivity index (χ4v) is 3.86. The predicted octanol–water partition coefficient (Wildman–Crippen LogP) is 4.59. The number of pyridine rings is 1. The number of piperazine rings is 1. The van der Waals surface area contributed by atoms with Crippen LogP contribution in [-0.2, 0) is 11.3 Å². The lowest BCUT2D eigenvalue weighted by Crippen LogP contribution is -2.54. The first-order valence-electron chi connectivity index (χ1n) is 10.8. The van der Waals surface area contributed by atoms with Crippen LogP contribution in [0.2, 0.25) is 5.15 Å². The van der Waals surface area contributed by atoms with Gasteiger partial charge in [-0.2, -0.15) is 0 Å². The summed E-state index contributed by atoms with van der Waals surface area (Å²) in [7, 11) is 1.52. The standard InChI is InChI=1S/C24H30ClFN4O3/c1-16-14-29(10-11-30(16)23(32)33-24(2,3)4)15-17-6-8-20(19(26)12-17)28(5)22(31)18-7-9-21(25)27-13-18/h6-9,12-13,16H,10-11,14-15H2,1-5H3/t16-/m0/s1. The van der Waals surface area contributed by atoms with Gasteiger partial charge in [0.15, 0.2) is 0 Å². The number of benzene rings is 1. The van der Waals surface area contributed by atoms with Crippen LogP contribution in [0.25, 0.3) is 0 Å². The highest BCUT2D eigenvalue weighted by Gasteiger charge is 2.31. The van der Waals surface area contributed by atoms with Gasteiger partial charge in [0.25, 0.3) is 5.91 Å². The van der Waals surface area contributed by atoms with Crippen molar-refractivity contribution in [1.82, 2.24) is 14.8 Å². The van der Waals surface area contributed by atoms with Crippen LogP contribution in [0.15, 0.2) is 36.5 Å². The number of hydrogen-bond donors (Lipinski definition) is 0. The highest BCUT2D eigenvalue weighted by molar-refractivity contribution is 6.29. The maximum Gasteiger partial charge on any atom is 0.410 e. The van der Waals surface area contributed by atoms with Gasteiger partial charge in [-0.15, -0.1) is 0 Å². The molecule has 2 aromatic rings. The van der Waals surface area contributed by atoms with Crippen molar-refractivity contribution in [1.29, 1.82) is 0 Å². The molecule has 2 amide bonds. The van der Waals surface area contributed by atoms with Crippen molar-refractivity contribution in [3.05, 3.63) is 58.6 Å². The fraction of sp³-hybridized carbons (Fsp3) is 0.458. The summed E-state index contributed by atoms with van der Waals surface area (Å²) in [6.07, 6.45) is 1.06. The Labute approximate surface area is 199 Å². The van der Waals surface area contributed by atoms with Crippen LogP contribution >= 0.6 is 11.6 Å². The van der Waals surface area contributed by atoms with E-state index in [1.54, 1.807) is 17.0 Å². The van der Waals surface area contributed by atoms with Crippen molar-refractivity contribution >= 4 is 29.3 Å². The van der Waals surface area contributed by atoms with Crippen molar-refractivity contribution in [3.63, 3.8) is 0 Å². The molecule has 1 aromatic heterocycles. The van der Waals surface area contributed by atoms with E-state index >= 15 is 0 Å². The van der Waals surface area contributed by atoms with Gasteiger partial charge in [-0.05, 0) is 57.5 Å². The molecule has 0 spiro atoms. The number of ether oxygens (including phenoxy) is 1. The first-order chi connectivity index (χ1) is 15.4. The van der Waals surface area contributed by atoms with E-state index in [9.17, 15) is 14.0 Å². The lowest BCUT2D eigenvalue weighted by Gasteiger charge is -2.40. The zero-order valence-corrected chi connectivity index (χ0v) is 20.4. The first kappa shape index (κ1) is 24.9. The highest BCUT2D eigenvalue weighted by atomic mass is 35.5. The van der Waals surface area contributed by atoms with Gasteiger partial charge in [0.05, 0.1) is 11.3 Å². The van der Waals surface area contributed by atoms with Crippen molar-refractivity contribution in [2.24, 2.45) is 0 Å². The van der Waals surface area contributed by atoms with Gasteiger partial charge in [0.1, 0.15) is 16.6 Å². The average molecular weight is 477 g/mol. The lowest BCUT2D eigenvalue weighted by atomic mass is 10.1. The lowest BCUT2D eigenvalue weighted by molar-refractivity contribution is 0.000548. The molecule has 0 radical (unpaired) electrons. The Balaban J connectivity index is 1.62. The molecule has 0 unspecified atom stereocenters. The molecule has 0 bridgehead atoms. The molecule has 1 aromatic carbocycles. The van der Waals surface area contributed by atoms with Gasteiger partial charge in [0, 0.05) is 45.5 Å². The molecule has 178 valence electrons. The molecule has 0 saturated carbocycles. The number of carbonyl (C=O) groups is 2. The van der Waals surface area contributed by atoms with Crippen LogP contribution in [0.1, 0.15) is 43.6 Å². The second kappa shape index (κ2) is 10.1. The number of rotatable bonds is 4. The molecule has 1 atom stereocenters. The molecule has 0 N–H and O–H groups in total. The van der Waals surface area contributed by atoms with Gasteiger partial charge >= 0.3 is 6.09 Å². The highest BCUT2D eigenvalue weighted by Crippen LogP contribution is 2.23. The molecule has 1 fully saturated rings. The number of carbonyl (C=O) groups excluding carboxylic acids is 2. The maximum absolute atomic E-state index is 14.9. The van der Waals surface area contributed by atoms with Crippen LogP contribution in [0.5, 0.6) is 0 Å². The Kier molecular flexibility index (Phi) is 7.59. The second-order valence-electron chi connectivity index (χ2n) is 9.28. The van der Waals surface area contributed by atoms with E-state index in [2.05, 4.69) is 9.88 Å². The summed E-state index contributed by atoms with van der Waals surface area (Å²) >= 11 is 5.77. The summed E-state index contributed by atoms with van der Waals surface area (Å²) in [4.78, 5) is 34.1. The smallest absolute Gasteiger partial charge is 0.410 e. The minimum Gasteiger partial charge on any atom is -0.444 e. The summed E-state index contributed by atoms with van der Waals surface area (Å²) < 4.78 is 20.4. The van der Waals surface area contributed by atoms with Crippen LogP contribution in [0, 0.1) is 5.82 Å². The largest absolute Gasteiger partial charge is 0.444 e. The second-order valence-corrected chi connectivity index (χ2v) is 9.66. The monoisotopic (exact) mass is 476 g/mol. The van der Waals surface area contributed by atoms with E-state index in [1.807, 2.05) is 33.8 Å².